The highest BCUT2D eigenvalue weighted by Gasteiger charge is 2.29. The zero-order valence-corrected chi connectivity index (χ0v) is 15.3. The van der Waals surface area contributed by atoms with Crippen molar-refractivity contribution in [2.24, 2.45) is 0 Å². The smallest absolute Gasteiger partial charge is 0.408 e. The second kappa shape index (κ2) is 8.12. The van der Waals surface area contributed by atoms with Gasteiger partial charge in [0.2, 0.25) is 0 Å². The monoisotopic (exact) mass is 384 g/mol. The highest BCUT2D eigenvalue weighted by Crippen LogP contribution is 2.38. The summed E-state index contributed by atoms with van der Waals surface area (Å²) < 4.78 is 17.0. The molecule has 7 heteroatoms. The summed E-state index contributed by atoms with van der Waals surface area (Å²) in [5.41, 5.74) is 5.38. The van der Waals surface area contributed by atoms with Crippen LogP contribution in [-0.4, -0.2) is 35.3 Å². The van der Waals surface area contributed by atoms with Gasteiger partial charge in [0, 0.05) is 8.27 Å². The lowest BCUT2D eigenvalue weighted by molar-refractivity contribution is -0.152. The third-order valence-electron chi connectivity index (χ3n) is 4.63. The van der Waals surface area contributed by atoms with Gasteiger partial charge in [0.25, 0.3) is 0 Å². The maximum absolute atomic E-state index is 12.1. The molecule has 146 valence electrons. The van der Waals surface area contributed by atoms with Gasteiger partial charge in [-0.3, -0.25) is 4.79 Å². The number of carbonyl (C=O) groups excluding carboxylic acids is 2. The average Bonchev–Trinajstić information content (AvgIpc) is 3.09. The van der Waals surface area contributed by atoms with E-state index in [4.69, 9.17) is 10.8 Å². The van der Waals surface area contributed by atoms with Crippen molar-refractivity contribution in [3.63, 3.8) is 0 Å². The number of aliphatic carboxylic acids is 1. The van der Waals surface area contributed by atoms with Crippen LogP contribution >= 0.6 is 0 Å². The predicted molar refractivity (Wildman–Crippen MR) is 101 cm³/mol. The van der Waals surface area contributed by atoms with Gasteiger partial charge in [-0.1, -0.05) is 42.5 Å². The maximum atomic E-state index is 12.1. The highest BCUT2D eigenvalue weighted by molar-refractivity contribution is 5.81. The summed E-state index contributed by atoms with van der Waals surface area (Å²) in [6.45, 7) is 0.673. The summed E-state index contributed by atoms with van der Waals surface area (Å²) in [6, 6.07) is 12.4. The van der Waals surface area contributed by atoms with Gasteiger partial charge in [0.15, 0.2) is 6.04 Å². The first kappa shape index (κ1) is 18.0. The van der Waals surface area contributed by atoms with E-state index in [0.29, 0.717) is 0 Å². The molecule has 0 saturated heterocycles. The van der Waals surface area contributed by atoms with Crippen molar-refractivity contribution in [3.05, 3.63) is 59.2 Å². The fraction of sp³-hybridized carbons (Fsp3) is 0.286. The van der Waals surface area contributed by atoms with E-state index in [-0.39, 0.29) is 6.61 Å². The Morgan fingerprint density at radius 2 is 1.93 bits per heavy atom. The standard InChI is InChI=1S/C21H21NO6/c1-12(28-13(2)23)19(20(24)25)22-21(26)27-11-15-7-5-9-17-16-8-4-3-6-14(16)10-18(15)17/h3-9,12,19H,10-11H2,1-2H3,(H,22,26)(H,24,25)/t12-,19+/m1/s1/i2D. The molecule has 1 amide bonds. The van der Waals surface area contributed by atoms with Crippen molar-refractivity contribution in [1.82, 2.24) is 5.32 Å². The number of ether oxygens (including phenoxy) is 2. The van der Waals surface area contributed by atoms with E-state index in [1.54, 1.807) is 0 Å². The summed E-state index contributed by atoms with van der Waals surface area (Å²) >= 11 is 0. The number of carboxylic acids is 1. The number of rotatable bonds is 6. The highest BCUT2D eigenvalue weighted by atomic mass is 16.6. The van der Waals surface area contributed by atoms with E-state index in [1.807, 2.05) is 30.3 Å². The molecule has 28 heavy (non-hydrogen) atoms. The number of hydrogen-bond donors (Lipinski definition) is 2. The van der Waals surface area contributed by atoms with Crippen LogP contribution in [0.25, 0.3) is 11.1 Å². The first-order valence-corrected chi connectivity index (χ1v) is 8.74. The van der Waals surface area contributed by atoms with Gasteiger partial charge in [-0.15, -0.1) is 0 Å². The molecule has 0 radical (unpaired) electrons. The minimum atomic E-state index is -1.48. The van der Waals surface area contributed by atoms with Gasteiger partial charge in [0.05, 0.1) is 0 Å². The molecule has 7 nitrogen and oxygen atoms in total. The molecule has 0 saturated carbocycles. The Labute approximate surface area is 163 Å². The van der Waals surface area contributed by atoms with Gasteiger partial charge < -0.3 is 19.9 Å². The zero-order valence-electron chi connectivity index (χ0n) is 16.3. The van der Waals surface area contributed by atoms with Gasteiger partial charge in [-0.25, -0.2) is 9.59 Å². The second-order valence-corrected chi connectivity index (χ2v) is 6.51. The van der Waals surface area contributed by atoms with Crippen LogP contribution in [0.15, 0.2) is 42.5 Å². The van der Waals surface area contributed by atoms with Gasteiger partial charge in [0.1, 0.15) is 12.7 Å². The molecule has 1 aliphatic rings. The SMILES string of the molecule is [2H]CC(=O)O[C@H](C)[C@H](NC(=O)OCc1cccc2c1Cc1ccccc1-2)C(=O)O. The number of benzene rings is 2. The molecular formula is C21H21NO6. The van der Waals surface area contributed by atoms with Crippen molar-refractivity contribution in [1.29, 1.82) is 0 Å². The molecule has 0 fully saturated rings. The molecule has 0 spiro atoms. The minimum absolute atomic E-state index is 0.0176. The van der Waals surface area contributed by atoms with Crippen molar-refractivity contribution in [2.45, 2.75) is 39.0 Å². The molecule has 0 heterocycles. The van der Waals surface area contributed by atoms with Crippen LogP contribution in [0.4, 0.5) is 4.79 Å². The molecule has 2 atom stereocenters. The molecule has 0 aromatic heterocycles. The molecule has 2 aromatic carbocycles. The van der Waals surface area contributed by atoms with Crippen LogP contribution in [-0.2, 0) is 32.1 Å². The normalized spacial score (nSPS) is 14.1. The fourth-order valence-corrected chi connectivity index (χ4v) is 3.33. The molecule has 2 N–H and O–H groups in total. The van der Waals surface area contributed by atoms with Gasteiger partial charge in [-0.05, 0) is 41.2 Å². The third kappa shape index (κ3) is 4.14. The molecule has 3 rings (SSSR count). The molecular weight excluding hydrogens is 362 g/mol. The van der Waals surface area contributed by atoms with Crippen molar-refractivity contribution in [2.75, 3.05) is 0 Å². The lowest BCUT2D eigenvalue weighted by Crippen LogP contribution is -2.49. The van der Waals surface area contributed by atoms with Gasteiger partial charge in [-0.2, -0.15) is 0 Å². The molecule has 0 aliphatic heterocycles. The Balaban J connectivity index is 1.64. The Hall–Kier alpha value is -3.35. The number of alkyl carbamates (subject to hydrolysis) is 1. The first-order valence-electron chi connectivity index (χ1n) is 9.45. The van der Waals surface area contributed by atoms with Crippen LogP contribution in [0.5, 0.6) is 0 Å². The second-order valence-electron chi connectivity index (χ2n) is 6.51. The Bertz CT molecular complexity index is 945. The summed E-state index contributed by atoms with van der Waals surface area (Å²) in [4.78, 5) is 34.7. The summed E-state index contributed by atoms with van der Waals surface area (Å²) in [5, 5.41) is 11.5. The summed E-state index contributed by atoms with van der Waals surface area (Å²) in [7, 11) is 0. The number of nitrogens with one attached hydrogen (secondary N) is 1. The third-order valence-corrected chi connectivity index (χ3v) is 4.63. The van der Waals surface area contributed by atoms with E-state index in [0.717, 1.165) is 28.7 Å². The van der Waals surface area contributed by atoms with E-state index >= 15 is 0 Å². The number of fused-ring (bicyclic) bond motifs is 3. The molecule has 0 bridgehead atoms. The number of amides is 1. The van der Waals surface area contributed by atoms with Crippen LogP contribution in [0.3, 0.4) is 0 Å². The Kier molecular flexibility index (Phi) is 5.23. The topological polar surface area (TPSA) is 102 Å². The Morgan fingerprint density at radius 1 is 1.18 bits per heavy atom. The lowest BCUT2D eigenvalue weighted by Gasteiger charge is -2.21. The van der Waals surface area contributed by atoms with Crippen molar-refractivity contribution in [3.8, 4) is 11.1 Å². The maximum Gasteiger partial charge on any atom is 0.408 e. The molecule has 2 aromatic rings. The minimum Gasteiger partial charge on any atom is -0.480 e. The van der Waals surface area contributed by atoms with Crippen LogP contribution < -0.4 is 5.32 Å². The van der Waals surface area contributed by atoms with Crippen molar-refractivity contribution < 1.29 is 30.3 Å². The van der Waals surface area contributed by atoms with Crippen LogP contribution in [0, 0.1) is 0 Å². The van der Waals surface area contributed by atoms with Crippen LogP contribution in [0.1, 0.15) is 31.9 Å². The van der Waals surface area contributed by atoms with E-state index in [2.05, 4.69) is 17.4 Å². The van der Waals surface area contributed by atoms with E-state index in [1.165, 1.54) is 12.5 Å². The van der Waals surface area contributed by atoms with E-state index in [9.17, 15) is 19.5 Å². The van der Waals surface area contributed by atoms with Crippen LogP contribution in [0.2, 0.25) is 0 Å². The summed E-state index contributed by atoms with van der Waals surface area (Å²) in [5.74, 6) is -2.25. The lowest BCUT2D eigenvalue weighted by atomic mass is 10.0. The number of esters is 1. The Morgan fingerprint density at radius 3 is 2.68 bits per heavy atom. The number of carboxylic acid groups (broad SMARTS) is 1. The molecule has 1 aliphatic carbocycles. The molecule has 0 unspecified atom stereocenters. The number of carbonyl (C=O) groups is 3. The van der Waals surface area contributed by atoms with E-state index < -0.39 is 37.1 Å². The van der Waals surface area contributed by atoms with Gasteiger partial charge >= 0.3 is 18.0 Å². The average molecular weight is 384 g/mol. The first-order chi connectivity index (χ1) is 13.9. The quantitative estimate of drug-likeness (QED) is 0.634. The fourth-order valence-electron chi connectivity index (χ4n) is 3.33. The largest absolute Gasteiger partial charge is 0.480 e. The number of hydrogen-bond acceptors (Lipinski definition) is 5. The predicted octanol–water partition coefficient (Wildman–Crippen LogP) is 2.89. The summed E-state index contributed by atoms with van der Waals surface area (Å²) in [6.07, 6.45) is -1.34. The van der Waals surface area contributed by atoms with Crippen molar-refractivity contribution >= 4 is 18.0 Å². The zero-order chi connectivity index (χ0) is 21.0.